The highest BCUT2D eigenvalue weighted by atomic mass is 16.5. The Morgan fingerprint density at radius 2 is 1.86 bits per heavy atom. The summed E-state index contributed by atoms with van der Waals surface area (Å²) in [6.07, 6.45) is 12.3. The standard InChI is InChI=1S/C24H32N2O3/c27-24(17-20-7-4-16-28-20)25-13-10-19(11-14-25)29-23-9-3-8-22-21(23)12-15-26(22)18-5-1-2-6-18/h3,8-9,12,15,18-20H,1-2,4-7,10-11,13-14,16-17H2. The third kappa shape index (κ3) is 4.02. The zero-order valence-electron chi connectivity index (χ0n) is 17.2. The maximum Gasteiger partial charge on any atom is 0.225 e. The summed E-state index contributed by atoms with van der Waals surface area (Å²) in [5.41, 5.74) is 1.29. The predicted molar refractivity (Wildman–Crippen MR) is 113 cm³/mol. The Hall–Kier alpha value is -2.01. The Kier molecular flexibility index (Phi) is 5.49. The number of aromatic nitrogens is 1. The summed E-state index contributed by atoms with van der Waals surface area (Å²) in [7, 11) is 0. The normalized spacial score (nSPS) is 23.9. The molecule has 3 aliphatic rings. The minimum atomic E-state index is 0.137. The van der Waals surface area contributed by atoms with Crippen molar-refractivity contribution in [3.05, 3.63) is 30.5 Å². The highest BCUT2D eigenvalue weighted by Gasteiger charge is 2.27. The Labute approximate surface area is 173 Å². The molecule has 1 unspecified atom stereocenters. The van der Waals surface area contributed by atoms with Crippen LogP contribution in [0.25, 0.3) is 10.9 Å². The number of piperidine rings is 1. The largest absolute Gasteiger partial charge is 0.490 e. The SMILES string of the molecule is O=C(CC1CCCO1)N1CCC(Oc2cccc3c2ccn3C2CCCC2)CC1. The van der Waals surface area contributed by atoms with E-state index < -0.39 is 0 Å². The van der Waals surface area contributed by atoms with Gasteiger partial charge in [-0.25, -0.2) is 0 Å². The van der Waals surface area contributed by atoms with Gasteiger partial charge < -0.3 is 18.9 Å². The number of amides is 1. The molecule has 0 N–H and O–H groups in total. The summed E-state index contributed by atoms with van der Waals surface area (Å²) >= 11 is 0. The van der Waals surface area contributed by atoms with Gasteiger partial charge in [0.15, 0.2) is 0 Å². The van der Waals surface area contributed by atoms with Crippen LogP contribution in [0.2, 0.25) is 0 Å². The summed E-state index contributed by atoms with van der Waals surface area (Å²) in [4.78, 5) is 14.5. The van der Waals surface area contributed by atoms with E-state index in [1.807, 2.05) is 4.90 Å². The summed E-state index contributed by atoms with van der Waals surface area (Å²) in [5, 5.41) is 1.22. The fraction of sp³-hybridized carbons (Fsp3) is 0.625. The van der Waals surface area contributed by atoms with Crippen molar-refractivity contribution in [2.75, 3.05) is 19.7 Å². The monoisotopic (exact) mass is 396 g/mol. The van der Waals surface area contributed by atoms with E-state index in [4.69, 9.17) is 9.47 Å². The Morgan fingerprint density at radius 3 is 2.62 bits per heavy atom. The van der Waals surface area contributed by atoms with Crippen molar-refractivity contribution in [2.45, 2.75) is 76.0 Å². The summed E-state index contributed by atoms with van der Waals surface area (Å²) in [6, 6.07) is 9.27. The first-order chi connectivity index (χ1) is 14.3. The maximum atomic E-state index is 12.5. The number of hydrogen-bond donors (Lipinski definition) is 0. The number of rotatable bonds is 5. The van der Waals surface area contributed by atoms with Crippen LogP contribution in [0.3, 0.4) is 0 Å². The van der Waals surface area contributed by atoms with Crippen LogP contribution in [0.4, 0.5) is 0 Å². The quantitative estimate of drug-likeness (QED) is 0.736. The number of likely N-dealkylation sites (tertiary alicyclic amines) is 1. The van der Waals surface area contributed by atoms with Gasteiger partial charge in [-0.3, -0.25) is 4.79 Å². The molecule has 5 rings (SSSR count). The molecule has 1 atom stereocenters. The molecule has 0 spiro atoms. The van der Waals surface area contributed by atoms with Crippen LogP contribution in [0.1, 0.15) is 63.8 Å². The lowest BCUT2D eigenvalue weighted by atomic mass is 10.1. The molecular formula is C24H32N2O3. The molecule has 2 aromatic rings. The van der Waals surface area contributed by atoms with Crippen molar-refractivity contribution in [1.29, 1.82) is 0 Å². The molecule has 2 saturated heterocycles. The highest BCUT2D eigenvalue weighted by molar-refractivity contribution is 5.86. The van der Waals surface area contributed by atoms with Crippen molar-refractivity contribution in [3.8, 4) is 5.75 Å². The average Bonchev–Trinajstić information content (AvgIpc) is 3.50. The minimum absolute atomic E-state index is 0.137. The smallest absolute Gasteiger partial charge is 0.225 e. The summed E-state index contributed by atoms with van der Waals surface area (Å²) < 4.78 is 14.5. The topological polar surface area (TPSA) is 43.7 Å². The van der Waals surface area contributed by atoms with Crippen LogP contribution >= 0.6 is 0 Å². The predicted octanol–water partition coefficient (Wildman–Crippen LogP) is 4.70. The van der Waals surface area contributed by atoms with E-state index in [0.29, 0.717) is 12.5 Å². The molecular weight excluding hydrogens is 364 g/mol. The molecule has 2 aliphatic heterocycles. The number of carbonyl (C=O) groups excluding carboxylic acids is 1. The molecule has 1 amide bonds. The van der Waals surface area contributed by atoms with Gasteiger partial charge in [-0.2, -0.15) is 0 Å². The van der Waals surface area contributed by atoms with Crippen molar-refractivity contribution in [3.63, 3.8) is 0 Å². The lowest BCUT2D eigenvalue weighted by molar-refractivity contribution is -0.135. The van der Waals surface area contributed by atoms with E-state index in [-0.39, 0.29) is 18.1 Å². The fourth-order valence-corrected chi connectivity index (χ4v) is 5.30. The van der Waals surface area contributed by atoms with Gasteiger partial charge >= 0.3 is 0 Å². The van der Waals surface area contributed by atoms with Crippen LogP contribution in [-0.4, -0.2) is 47.3 Å². The molecule has 156 valence electrons. The van der Waals surface area contributed by atoms with E-state index in [1.165, 1.54) is 36.6 Å². The molecule has 1 saturated carbocycles. The van der Waals surface area contributed by atoms with Crippen LogP contribution < -0.4 is 4.74 Å². The molecule has 3 heterocycles. The number of hydrogen-bond acceptors (Lipinski definition) is 3. The fourth-order valence-electron chi connectivity index (χ4n) is 5.30. The number of carbonyl (C=O) groups is 1. The van der Waals surface area contributed by atoms with Crippen LogP contribution in [0, 0.1) is 0 Å². The van der Waals surface area contributed by atoms with Gasteiger partial charge in [-0.15, -0.1) is 0 Å². The lowest BCUT2D eigenvalue weighted by Crippen LogP contribution is -2.42. The molecule has 1 aromatic heterocycles. The first kappa shape index (κ1) is 19.0. The van der Waals surface area contributed by atoms with Gasteiger partial charge in [0.25, 0.3) is 0 Å². The second kappa shape index (κ2) is 8.39. The average molecular weight is 397 g/mol. The lowest BCUT2D eigenvalue weighted by Gasteiger charge is -2.33. The van der Waals surface area contributed by atoms with Gasteiger partial charge in [0.2, 0.25) is 5.91 Å². The van der Waals surface area contributed by atoms with Crippen LogP contribution in [0.15, 0.2) is 30.5 Å². The van der Waals surface area contributed by atoms with Gasteiger partial charge in [0.1, 0.15) is 11.9 Å². The molecule has 1 aliphatic carbocycles. The molecule has 1 aromatic carbocycles. The van der Waals surface area contributed by atoms with E-state index >= 15 is 0 Å². The summed E-state index contributed by atoms with van der Waals surface area (Å²) in [5.74, 6) is 1.23. The van der Waals surface area contributed by atoms with E-state index in [2.05, 4.69) is 35.0 Å². The zero-order chi connectivity index (χ0) is 19.6. The zero-order valence-corrected chi connectivity index (χ0v) is 17.2. The Morgan fingerprint density at radius 1 is 1.03 bits per heavy atom. The van der Waals surface area contributed by atoms with E-state index in [1.54, 1.807) is 0 Å². The highest BCUT2D eigenvalue weighted by Crippen LogP contribution is 2.36. The molecule has 0 radical (unpaired) electrons. The molecule has 5 heteroatoms. The molecule has 3 fully saturated rings. The van der Waals surface area contributed by atoms with Crippen molar-refractivity contribution >= 4 is 16.8 Å². The first-order valence-electron chi connectivity index (χ1n) is 11.4. The van der Waals surface area contributed by atoms with Gasteiger partial charge in [-0.1, -0.05) is 18.9 Å². The second-order valence-electron chi connectivity index (χ2n) is 8.89. The number of benzene rings is 1. The second-order valence-corrected chi connectivity index (χ2v) is 8.89. The van der Waals surface area contributed by atoms with Gasteiger partial charge in [0.05, 0.1) is 18.0 Å². The molecule has 0 bridgehead atoms. The Balaban J connectivity index is 1.20. The maximum absolute atomic E-state index is 12.5. The molecule has 5 nitrogen and oxygen atoms in total. The first-order valence-corrected chi connectivity index (χ1v) is 11.4. The number of nitrogens with zero attached hydrogens (tertiary/aromatic N) is 2. The van der Waals surface area contributed by atoms with E-state index in [9.17, 15) is 4.79 Å². The minimum Gasteiger partial charge on any atom is -0.490 e. The van der Waals surface area contributed by atoms with Crippen molar-refractivity contribution in [2.24, 2.45) is 0 Å². The van der Waals surface area contributed by atoms with E-state index in [0.717, 1.165) is 51.1 Å². The Bertz CT molecular complexity index is 841. The van der Waals surface area contributed by atoms with Crippen molar-refractivity contribution < 1.29 is 14.3 Å². The summed E-state index contributed by atoms with van der Waals surface area (Å²) in [6.45, 7) is 2.38. The third-order valence-electron chi connectivity index (χ3n) is 6.96. The van der Waals surface area contributed by atoms with Gasteiger partial charge in [0, 0.05) is 50.2 Å². The van der Waals surface area contributed by atoms with Crippen LogP contribution in [-0.2, 0) is 9.53 Å². The van der Waals surface area contributed by atoms with Crippen LogP contribution in [0.5, 0.6) is 5.75 Å². The number of ether oxygens (including phenoxy) is 2. The molecule has 29 heavy (non-hydrogen) atoms. The van der Waals surface area contributed by atoms with Gasteiger partial charge in [-0.05, 0) is 43.9 Å². The third-order valence-corrected chi connectivity index (χ3v) is 6.96. The van der Waals surface area contributed by atoms with Crippen molar-refractivity contribution in [1.82, 2.24) is 9.47 Å². The number of fused-ring (bicyclic) bond motifs is 1.